The third kappa shape index (κ3) is 6.37. The van der Waals surface area contributed by atoms with E-state index in [1.165, 1.54) is 0 Å². The van der Waals surface area contributed by atoms with Gasteiger partial charge in [0.1, 0.15) is 12.2 Å². The van der Waals surface area contributed by atoms with E-state index in [1.54, 1.807) is 48.5 Å². The molecule has 0 saturated carbocycles. The van der Waals surface area contributed by atoms with Crippen LogP contribution in [0.25, 0.3) is 0 Å². The summed E-state index contributed by atoms with van der Waals surface area (Å²) in [7, 11) is 0. The van der Waals surface area contributed by atoms with Gasteiger partial charge in [-0.15, -0.1) is 0 Å². The topological polar surface area (TPSA) is 9.23 Å². The lowest BCUT2D eigenvalue weighted by Gasteiger charge is -2.32. The number of benzene rings is 2. The molecule has 0 radical (unpaired) electrons. The lowest BCUT2D eigenvalue weighted by Crippen LogP contribution is -2.44. The van der Waals surface area contributed by atoms with Crippen LogP contribution in [0.4, 0.5) is 17.6 Å². The molecule has 2 atom stereocenters. The van der Waals surface area contributed by atoms with E-state index in [-0.39, 0.29) is 22.9 Å². The molecule has 0 heterocycles. The molecule has 0 aliphatic heterocycles. The predicted octanol–water partition coefficient (Wildman–Crippen LogP) is 6.84. The summed E-state index contributed by atoms with van der Waals surface area (Å²) in [5.41, 5.74) is 0.809. The van der Waals surface area contributed by atoms with Crippen molar-refractivity contribution < 1.29 is 22.3 Å². The second-order valence-corrected chi connectivity index (χ2v) is 7.43. The van der Waals surface area contributed by atoms with Crippen molar-refractivity contribution in [1.82, 2.24) is 0 Å². The Morgan fingerprint density at radius 1 is 0.741 bits per heavy atom. The van der Waals surface area contributed by atoms with E-state index in [2.05, 4.69) is 0 Å². The molecule has 0 N–H and O–H groups in total. The molecular formula is C20H20Cl2F4O. The van der Waals surface area contributed by atoms with Crippen LogP contribution in [-0.4, -0.2) is 24.1 Å². The summed E-state index contributed by atoms with van der Waals surface area (Å²) in [6.45, 7) is 1.30. The van der Waals surface area contributed by atoms with Gasteiger partial charge in [-0.2, -0.15) is 0 Å². The van der Waals surface area contributed by atoms with E-state index in [9.17, 15) is 17.6 Å². The summed E-state index contributed by atoms with van der Waals surface area (Å²) < 4.78 is 61.8. The highest BCUT2D eigenvalue weighted by Gasteiger charge is 2.43. The number of halogens is 6. The van der Waals surface area contributed by atoms with Crippen LogP contribution in [0.2, 0.25) is 10.0 Å². The van der Waals surface area contributed by atoms with E-state index < -0.39 is 24.1 Å². The molecule has 0 aliphatic carbocycles. The molecule has 0 aromatic heterocycles. The van der Waals surface area contributed by atoms with Crippen molar-refractivity contribution in [2.24, 2.45) is 0 Å². The molecule has 1 nitrogen and oxygen atoms in total. The lowest BCUT2D eigenvalue weighted by molar-refractivity contribution is -0.202. The van der Waals surface area contributed by atoms with Gasteiger partial charge in [-0.3, -0.25) is 0 Å². The van der Waals surface area contributed by atoms with Crippen molar-refractivity contribution in [2.45, 2.75) is 50.7 Å². The maximum absolute atomic E-state index is 14.1. The van der Waals surface area contributed by atoms with Gasteiger partial charge in [0.25, 0.3) is 11.8 Å². The normalized spacial score (nSPS) is 14.8. The smallest absolute Gasteiger partial charge is 0.271 e. The molecule has 2 rings (SSSR count). The van der Waals surface area contributed by atoms with E-state index in [4.69, 9.17) is 27.9 Å². The van der Waals surface area contributed by atoms with E-state index in [0.717, 1.165) is 0 Å². The Bertz CT molecular complexity index is 693. The molecule has 148 valence electrons. The first-order valence-electron chi connectivity index (χ1n) is 8.36. The lowest BCUT2D eigenvalue weighted by atomic mass is 10.0. The highest BCUT2D eigenvalue weighted by atomic mass is 35.5. The first kappa shape index (κ1) is 22.0. The van der Waals surface area contributed by atoms with Crippen LogP contribution in [0.1, 0.15) is 25.0 Å². The monoisotopic (exact) mass is 422 g/mol. The van der Waals surface area contributed by atoms with E-state index in [1.807, 2.05) is 0 Å². The van der Waals surface area contributed by atoms with Crippen molar-refractivity contribution >= 4 is 23.2 Å². The van der Waals surface area contributed by atoms with Gasteiger partial charge in [-0.25, -0.2) is 17.6 Å². The molecule has 0 aliphatic rings. The zero-order chi connectivity index (χ0) is 20.2. The Kier molecular flexibility index (Phi) is 7.17. The molecule has 0 fully saturated rings. The SMILES string of the molecule is CC(F)(F)C(Cc1ccccc1Cl)OC(Cc1ccccc1Cl)C(C)(F)F. The average Bonchev–Trinajstić information content (AvgIpc) is 2.55. The standard InChI is InChI=1S/C20H20Cl2F4O/c1-19(23,24)17(11-13-7-3-5-9-15(13)21)27-18(20(2,25)26)12-14-8-4-6-10-16(14)22/h3-10,17-18H,11-12H2,1-2H3. The maximum atomic E-state index is 14.1. The second-order valence-electron chi connectivity index (χ2n) is 6.62. The van der Waals surface area contributed by atoms with Crippen molar-refractivity contribution in [2.75, 3.05) is 0 Å². The Balaban J connectivity index is 2.28. The number of alkyl halides is 4. The minimum atomic E-state index is -3.34. The first-order valence-corrected chi connectivity index (χ1v) is 9.12. The van der Waals surface area contributed by atoms with Gasteiger partial charge >= 0.3 is 0 Å². The molecule has 2 aromatic rings. The average molecular weight is 423 g/mol. The quantitative estimate of drug-likeness (QED) is 0.423. The number of hydrogen-bond donors (Lipinski definition) is 0. The Labute approximate surface area is 166 Å². The highest BCUT2D eigenvalue weighted by Crippen LogP contribution is 2.33. The fraction of sp³-hybridized carbons (Fsp3) is 0.400. The summed E-state index contributed by atoms with van der Waals surface area (Å²) in [6.07, 6.45) is -4.12. The van der Waals surface area contributed by atoms with E-state index in [0.29, 0.717) is 25.0 Å². The zero-order valence-electron chi connectivity index (χ0n) is 14.9. The van der Waals surface area contributed by atoms with Gasteiger partial charge in [0, 0.05) is 36.7 Å². The third-order valence-corrected chi connectivity index (χ3v) is 4.92. The van der Waals surface area contributed by atoms with Crippen LogP contribution in [0.15, 0.2) is 48.5 Å². The van der Waals surface area contributed by atoms with Gasteiger partial charge in [0.05, 0.1) is 0 Å². The van der Waals surface area contributed by atoms with Gasteiger partial charge in [-0.1, -0.05) is 59.6 Å². The molecule has 0 amide bonds. The van der Waals surface area contributed by atoms with Crippen molar-refractivity contribution in [3.8, 4) is 0 Å². The maximum Gasteiger partial charge on any atom is 0.271 e. The number of ether oxygens (including phenoxy) is 1. The second kappa shape index (κ2) is 8.80. The molecule has 7 heteroatoms. The fourth-order valence-corrected chi connectivity index (χ4v) is 3.05. The summed E-state index contributed by atoms with van der Waals surface area (Å²) >= 11 is 12.1. The summed E-state index contributed by atoms with van der Waals surface area (Å²) in [5, 5.41) is 0.558. The number of rotatable bonds is 8. The van der Waals surface area contributed by atoms with Crippen LogP contribution in [-0.2, 0) is 17.6 Å². The van der Waals surface area contributed by atoms with Crippen LogP contribution >= 0.6 is 23.2 Å². The Morgan fingerprint density at radius 2 is 1.07 bits per heavy atom. The molecule has 27 heavy (non-hydrogen) atoms. The van der Waals surface area contributed by atoms with Gasteiger partial charge in [0.15, 0.2) is 0 Å². The molecule has 2 aromatic carbocycles. The minimum Gasteiger partial charge on any atom is -0.362 e. The van der Waals surface area contributed by atoms with Crippen LogP contribution in [0.5, 0.6) is 0 Å². The largest absolute Gasteiger partial charge is 0.362 e. The van der Waals surface area contributed by atoms with Crippen LogP contribution < -0.4 is 0 Å². The molecule has 0 spiro atoms. The van der Waals surface area contributed by atoms with Gasteiger partial charge in [-0.05, 0) is 23.3 Å². The minimum absolute atomic E-state index is 0.279. The highest BCUT2D eigenvalue weighted by molar-refractivity contribution is 6.31. The molecule has 2 unspecified atom stereocenters. The summed E-state index contributed by atoms with van der Waals surface area (Å²) in [5.74, 6) is -6.69. The summed E-state index contributed by atoms with van der Waals surface area (Å²) in [4.78, 5) is 0. The van der Waals surface area contributed by atoms with E-state index >= 15 is 0 Å². The Morgan fingerprint density at radius 3 is 1.37 bits per heavy atom. The molecule has 0 bridgehead atoms. The fourth-order valence-electron chi connectivity index (χ4n) is 2.62. The van der Waals surface area contributed by atoms with Crippen LogP contribution in [0, 0.1) is 0 Å². The molecule has 0 saturated heterocycles. The van der Waals surface area contributed by atoms with Crippen molar-refractivity contribution in [1.29, 1.82) is 0 Å². The number of hydrogen-bond acceptors (Lipinski definition) is 1. The van der Waals surface area contributed by atoms with Crippen LogP contribution in [0.3, 0.4) is 0 Å². The van der Waals surface area contributed by atoms with Gasteiger partial charge < -0.3 is 4.74 Å². The Hall–Kier alpha value is -1.30. The van der Waals surface area contributed by atoms with Crippen molar-refractivity contribution in [3.63, 3.8) is 0 Å². The van der Waals surface area contributed by atoms with Gasteiger partial charge in [0.2, 0.25) is 0 Å². The third-order valence-electron chi connectivity index (χ3n) is 4.19. The van der Waals surface area contributed by atoms with Crippen molar-refractivity contribution in [3.05, 3.63) is 69.7 Å². The molecular weight excluding hydrogens is 403 g/mol. The summed E-state index contributed by atoms with van der Waals surface area (Å²) in [6, 6.07) is 12.8. The first-order chi connectivity index (χ1) is 12.5. The predicted molar refractivity (Wildman–Crippen MR) is 100 cm³/mol. The zero-order valence-corrected chi connectivity index (χ0v) is 16.4.